The van der Waals surface area contributed by atoms with Crippen molar-refractivity contribution in [2.75, 3.05) is 31.5 Å². The number of carbonyl (C=O) groups excluding carboxylic acids is 1. The maximum atomic E-state index is 12.2. The SMILES string of the molecule is C[C@H]1CNCCN1CC(=O)Nc1ccc(-c2ccccc2)cc1.Cl. The van der Waals surface area contributed by atoms with E-state index in [0.29, 0.717) is 12.6 Å². The maximum absolute atomic E-state index is 12.2. The van der Waals surface area contributed by atoms with E-state index in [2.05, 4.69) is 34.6 Å². The molecule has 0 unspecified atom stereocenters. The van der Waals surface area contributed by atoms with Gasteiger partial charge in [0.25, 0.3) is 0 Å². The van der Waals surface area contributed by atoms with Gasteiger partial charge in [0.05, 0.1) is 6.54 Å². The highest BCUT2D eigenvalue weighted by Crippen LogP contribution is 2.21. The molecule has 2 aromatic carbocycles. The standard InChI is InChI=1S/C19H23N3O.ClH/c1-15-13-20-11-12-22(15)14-19(23)21-18-9-7-17(8-10-18)16-5-3-2-4-6-16;/h2-10,15,20H,11-14H2,1H3,(H,21,23);1H/t15-;/m0./s1. The van der Waals surface area contributed by atoms with Crippen LogP contribution in [0.2, 0.25) is 0 Å². The minimum Gasteiger partial charge on any atom is -0.325 e. The molecule has 1 aliphatic heterocycles. The van der Waals surface area contributed by atoms with E-state index < -0.39 is 0 Å². The molecule has 5 heteroatoms. The molecule has 0 radical (unpaired) electrons. The van der Waals surface area contributed by atoms with Gasteiger partial charge in [-0.15, -0.1) is 12.4 Å². The van der Waals surface area contributed by atoms with Gasteiger partial charge in [-0.2, -0.15) is 0 Å². The van der Waals surface area contributed by atoms with Crippen LogP contribution in [0.3, 0.4) is 0 Å². The first-order chi connectivity index (χ1) is 11.2. The van der Waals surface area contributed by atoms with Gasteiger partial charge in [0.1, 0.15) is 0 Å². The second kappa shape index (κ2) is 8.83. The van der Waals surface area contributed by atoms with E-state index in [4.69, 9.17) is 0 Å². The van der Waals surface area contributed by atoms with E-state index in [-0.39, 0.29) is 18.3 Å². The van der Waals surface area contributed by atoms with Crippen molar-refractivity contribution in [1.82, 2.24) is 10.2 Å². The Morgan fingerprint density at radius 2 is 1.79 bits per heavy atom. The molecule has 1 atom stereocenters. The second-order valence-electron chi connectivity index (χ2n) is 6.02. The van der Waals surface area contributed by atoms with Crippen LogP contribution in [0, 0.1) is 0 Å². The van der Waals surface area contributed by atoms with E-state index in [1.807, 2.05) is 42.5 Å². The van der Waals surface area contributed by atoms with Crippen LogP contribution >= 0.6 is 12.4 Å². The van der Waals surface area contributed by atoms with Gasteiger partial charge in [-0.25, -0.2) is 0 Å². The predicted octanol–water partition coefficient (Wildman–Crippen LogP) is 3.01. The number of amides is 1. The highest BCUT2D eigenvalue weighted by atomic mass is 35.5. The summed E-state index contributed by atoms with van der Waals surface area (Å²) in [5.41, 5.74) is 3.18. The lowest BCUT2D eigenvalue weighted by Gasteiger charge is -2.33. The lowest BCUT2D eigenvalue weighted by molar-refractivity contribution is -0.118. The summed E-state index contributed by atoms with van der Waals surface area (Å²) in [5.74, 6) is 0.0474. The summed E-state index contributed by atoms with van der Waals surface area (Å²) in [6, 6.07) is 18.6. The van der Waals surface area contributed by atoms with Crippen LogP contribution in [0.5, 0.6) is 0 Å². The van der Waals surface area contributed by atoms with Gasteiger partial charge in [-0.1, -0.05) is 42.5 Å². The van der Waals surface area contributed by atoms with Crippen molar-refractivity contribution >= 4 is 24.0 Å². The van der Waals surface area contributed by atoms with Gasteiger partial charge in [0.2, 0.25) is 5.91 Å². The fourth-order valence-corrected chi connectivity index (χ4v) is 2.88. The number of nitrogens with zero attached hydrogens (tertiary/aromatic N) is 1. The molecule has 0 aliphatic carbocycles. The molecule has 1 aliphatic rings. The van der Waals surface area contributed by atoms with Crippen molar-refractivity contribution in [3.8, 4) is 11.1 Å². The summed E-state index contributed by atoms with van der Waals surface area (Å²) in [4.78, 5) is 14.4. The Balaban J connectivity index is 0.00000208. The molecule has 1 saturated heterocycles. The average Bonchev–Trinajstić information content (AvgIpc) is 2.58. The summed E-state index contributed by atoms with van der Waals surface area (Å²) in [6.07, 6.45) is 0. The van der Waals surface area contributed by atoms with E-state index in [9.17, 15) is 4.79 Å². The first-order valence-corrected chi connectivity index (χ1v) is 8.12. The number of benzene rings is 2. The van der Waals surface area contributed by atoms with Crippen LogP contribution in [0.1, 0.15) is 6.92 Å². The number of nitrogens with one attached hydrogen (secondary N) is 2. The fraction of sp³-hybridized carbons (Fsp3) is 0.316. The summed E-state index contributed by atoms with van der Waals surface area (Å²) >= 11 is 0. The number of halogens is 1. The van der Waals surface area contributed by atoms with Crippen LogP contribution in [0.4, 0.5) is 5.69 Å². The maximum Gasteiger partial charge on any atom is 0.238 e. The van der Waals surface area contributed by atoms with Gasteiger partial charge >= 0.3 is 0 Å². The minimum atomic E-state index is 0. The van der Waals surface area contributed by atoms with Gasteiger partial charge < -0.3 is 10.6 Å². The zero-order chi connectivity index (χ0) is 16.1. The predicted molar refractivity (Wildman–Crippen MR) is 102 cm³/mol. The van der Waals surface area contributed by atoms with Crippen LogP contribution in [-0.2, 0) is 4.79 Å². The molecule has 1 fully saturated rings. The third kappa shape index (κ3) is 4.81. The number of rotatable bonds is 4. The summed E-state index contributed by atoms with van der Waals surface area (Å²) in [5, 5.41) is 6.32. The highest BCUT2D eigenvalue weighted by molar-refractivity contribution is 5.92. The fourth-order valence-electron chi connectivity index (χ4n) is 2.88. The molecule has 3 rings (SSSR count). The lowest BCUT2D eigenvalue weighted by Crippen LogP contribution is -2.51. The molecule has 1 amide bonds. The summed E-state index contributed by atoms with van der Waals surface area (Å²) < 4.78 is 0. The van der Waals surface area contributed by atoms with Crippen molar-refractivity contribution in [3.63, 3.8) is 0 Å². The molecule has 0 bridgehead atoms. The van der Waals surface area contributed by atoms with Crippen molar-refractivity contribution in [2.24, 2.45) is 0 Å². The van der Waals surface area contributed by atoms with Crippen LogP contribution in [-0.4, -0.2) is 43.0 Å². The molecule has 2 N–H and O–H groups in total. The summed E-state index contributed by atoms with van der Waals surface area (Å²) in [7, 11) is 0. The Labute approximate surface area is 149 Å². The number of hydrogen-bond acceptors (Lipinski definition) is 3. The summed E-state index contributed by atoms with van der Waals surface area (Å²) in [6.45, 7) is 5.40. The van der Waals surface area contributed by atoms with Crippen molar-refractivity contribution in [1.29, 1.82) is 0 Å². The Hall–Kier alpha value is -1.88. The first kappa shape index (κ1) is 18.5. The van der Waals surface area contributed by atoms with Gasteiger partial charge in [-0.05, 0) is 30.2 Å². The quantitative estimate of drug-likeness (QED) is 0.895. The molecule has 1 heterocycles. The van der Waals surface area contributed by atoms with E-state index in [1.54, 1.807) is 0 Å². The number of carbonyl (C=O) groups is 1. The normalized spacial score (nSPS) is 17.8. The smallest absolute Gasteiger partial charge is 0.238 e. The van der Waals surface area contributed by atoms with Gasteiger partial charge in [-0.3, -0.25) is 9.69 Å². The van der Waals surface area contributed by atoms with Crippen LogP contribution < -0.4 is 10.6 Å². The topological polar surface area (TPSA) is 44.4 Å². The molecule has 2 aromatic rings. The lowest BCUT2D eigenvalue weighted by atomic mass is 10.1. The van der Waals surface area contributed by atoms with Crippen molar-refractivity contribution in [2.45, 2.75) is 13.0 Å². The molecule has 24 heavy (non-hydrogen) atoms. The molecular formula is C19H24ClN3O. The zero-order valence-corrected chi connectivity index (χ0v) is 14.7. The van der Waals surface area contributed by atoms with Crippen LogP contribution in [0.25, 0.3) is 11.1 Å². The third-order valence-corrected chi connectivity index (χ3v) is 4.26. The van der Waals surface area contributed by atoms with Gasteiger partial charge in [0, 0.05) is 31.4 Å². The van der Waals surface area contributed by atoms with Gasteiger partial charge in [0.15, 0.2) is 0 Å². The molecular weight excluding hydrogens is 322 g/mol. The zero-order valence-electron chi connectivity index (χ0n) is 13.9. The molecule has 0 saturated carbocycles. The van der Waals surface area contributed by atoms with Crippen molar-refractivity contribution < 1.29 is 4.79 Å². The first-order valence-electron chi connectivity index (χ1n) is 8.12. The Kier molecular flexibility index (Phi) is 6.79. The van der Waals surface area contributed by atoms with Crippen LogP contribution in [0.15, 0.2) is 54.6 Å². The number of hydrogen-bond donors (Lipinski definition) is 2. The molecule has 128 valence electrons. The third-order valence-electron chi connectivity index (χ3n) is 4.26. The Morgan fingerprint density at radius 1 is 1.12 bits per heavy atom. The molecule has 0 spiro atoms. The Bertz CT molecular complexity index is 645. The second-order valence-corrected chi connectivity index (χ2v) is 6.02. The molecule has 0 aromatic heterocycles. The van der Waals surface area contributed by atoms with E-state index in [1.165, 1.54) is 5.56 Å². The van der Waals surface area contributed by atoms with E-state index >= 15 is 0 Å². The average molecular weight is 346 g/mol. The number of piperazine rings is 1. The Morgan fingerprint density at radius 3 is 2.46 bits per heavy atom. The largest absolute Gasteiger partial charge is 0.325 e. The van der Waals surface area contributed by atoms with Crippen molar-refractivity contribution in [3.05, 3.63) is 54.6 Å². The van der Waals surface area contributed by atoms with E-state index in [0.717, 1.165) is 30.9 Å². The monoisotopic (exact) mass is 345 g/mol. The highest BCUT2D eigenvalue weighted by Gasteiger charge is 2.20. The molecule has 4 nitrogen and oxygen atoms in total. The number of anilines is 1. The minimum absolute atomic E-state index is 0.